The molecule has 1 atom stereocenters. The minimum absolute atomic E-state index is 0. The van der Waals surface area contributed by atoms with Gasteiger partial charge in [0.2, 0.25) is 0 Å². The maximum atomic E-state index is 4.28. The van der Waals surface area contributed by atoms with Gasteiger partial charge in [0, 0.05) is 51.4 Å². The number of nitrogens with one attached hydrogen (secondary N) is 2. The molecule has 0 saturated carbocycles. The number of guanidine groups is 1. The Hall–Kier alpha value is -0.0800. The summed E-state index contributed by atoms with van der Waals surface area (Å²) in [4.78, 5) is 9.35. The van der Waals surface area contributed by atoms with Crippen LogP contribution in [-0.4, -0.2) is 73.7 Å². The van der Waals surface area contributed by atoms with Crippen molar-refractivity contribution in [1.82, 2.24) is 20.4 Å². The van der Waals surface area contributed by atoms with Gasteiger partial charge >= 0.3 is 0 Å². The van der Waals surface area contributed by atoms with Gasteiger partial charge in [-0.3, -0.25) is 9.89 Å². The first-order valence-electron chi connectivity index (χ1n) is 7.81. The van der Waals surface area contributed by atoms with E-state index in [-0.39, 0.29) is 29.5 Å². The lowest BCUT2D eigenvalue weighted by atomic mass is 10.1. The zero-order valence-corrected chi connectivity index (χ0v) is 16.9. The number of halogens is 1. The molecule has 0 aromatic carbocycles. The lowest BCUT2D eigenvalue weighted by Gasteiger charge is -2.38. The lowest BCUT2D eigenvalue weighted by molar-refractivity contribution is 0.107. The van der Waals surface area contributed by atoms with Crippen LogP contribution in [0.15, 0.2) is 4.99 Å². The Kier molecular flexibility index (Phi) is 9.80. The Bertz CT molecular complexity index is 306. The fraction of sp³-hybridized carbons (Fsp3) is 0.933. The normalized spacial score (nSPS) is 19.8. The van der Waals surface area contributed by atoms with Gasteiger partial charge < -0.3 is 15.5 Å². The molecule has 1 aliphatic rings. The van der Waals surface area contributed by atoms with E-state index >= 15 is 0 Å². The topological polar surface area (TPSA) is 42.9 Å². The summed E-state index contributed by atoms with van der Waals surface area (Å²) >= 11 is 0. The quantitative estimate of drug-likeness (QED) is 0.419. The van der Waals surface area contributed by atoms with Crippen molar-refractivity contribution in [2.75, 3.05) is 46.3 Å². The van der Waals surface area contributed by atoms with Gasteiger partial charge in [-0.25, -0.2) is 0 Å². The number of piperazine rings is 1. The highest BCUT2D eigenvalue weighted by atomic mass is 127. The van der Waals surface area contributed by atoms with Crippen molar-refractivity contribution in [1.29, 1.82) is 0 Å². The molecule has 1 rings (SSSR count). The molecule has 1 aliphatic heterocycles. The largest absolute Gasteiger partial charge is 0.355 e. The number of rotatable bonds is 4. The summed E-state index contributed by atoms with van der Waals surface area (Å²) < 4.78 is 0. The molecular weight excluding hydrogens is 377 g/mol. The number of aliphatic imine (C=N–C) groups is 1. The van der Waals surface area contributed by atoms with Crippen molar-refractivity contribution in [3.8, 4) is 0 Å². The first-order chi connectivity index (χ1) is 9.35. The van der Waals surface area contributed by atoms with Gasteiger partial charge in [-0.2, -0.15) is 0 Å². The number of likely N-dealkylation sites (N-methyl/N-ethyl adjacent to an activating group) is 1. The second kappa shape index (κ2) is 9.84. The predicted molar refractivity (Wildman–Crippen MR) is 103 cm³/mol. The highest BCUT2D eigenvalue weighted by Crippen LogP contribution is 2.05. The molecule has 0 aromatic rings. The molecule has 126 valence electrons. The maximum absolute atomic E-state index is 4.28. The average Bonchev–Trinajstić information content (AvgIpc) is 2.42. The molecule has 1 heterocycles. The van der Waals surface area contributed by atoms with E-state index in [0.717, 1.165) is 12.5 Å². The van der Waals surface area contributed by atoms with Crippen LogP contribution in [0.2, 0.25) is 0 Å². The van der Waals surface area contributed by atoms with E-state index in [1.165, 1.54) is 32.7 Å². The molecule has 2 N–H and O–H groups in total. The van der Waals surface area contributed by atoms with E-state index in [1.54, 1.807) is 0 Å². The van der Waals surface area contributed by atoms with E-state index in [4.69, 9.17) is 0 Å². The van der Waals surface area contributed by atoms with Gasteiger partial charge in [0.15, 0.2) is 5.96 Å². The van der Waals surface area contributed by atoms with E-state index in [0.29, 0.717) is 6.04 Å². The molecule has 6 heteroatoms. The molecule has 0 aliphatic carbocycles. The summed E-state index contributed by atoms with van der Waals surface area (Å²) in [6.07, 6.45) is 0. The minimum Gasteiger partial charge on any atom is -0.355 e. The van der Waals surface area contributed by atoms with Gasteiger partial charge in [0.1, 0.15) is 0 Å². The third kappa shape index (κ3) is 8.21. The third-order valence-corrected chi connectivity index (χ3v) is 3.76. The first kappa shape index (κ1) is 20.9. The zero-order valence-electron chi connectivity index (χ0n) is 14.6. The molecule has 0 radical (unpaired) electrons. The Morgan fingerprint density at radius 1 is 1.19 bits per heavy atom. The highest BCUT2D eigenvalue weighted by Gasteiger charge is 2.20. The molecule has 0 aromatic heterocycles. The summed E-state index contributed by atoms with van der Waals surface area (Å²) in [5.41, 5.74) is 0.0395. The summed E-state index contributed by atoms with van der Waals surface area (Å²) in [6, 6.07) is 0.535. The van der Waals surface area contributed by atoms with E-state index < -0.39 is 0 Å². The Balaban J connectivity index is 0.00000400. The number of hydrogen-bond donors (Lipinski definition) is 2. The molecule has 1 unspecified atom stereocenters. The average molecular weight is 411 g/mol. The first-order valence-corrected chi connectivity index (χ1v) is 7.81. The van der Waals surface area contributed by atoms with Gasteiger partial charge in [-0.1, -0.05) is 6.92 Å². The fourth-order valence-electron chi connectivity index (χ4n) is 2.43. The second-order valence-electron chi connectivity index (χ2n) is 6.65. The van der Waals surface area contributed by atoms with E-state index in [1.807, 2.05) is 7.05 Å². The molecule has 0 amide bonds. The number of hydrogen-bond acceptors (Lipinski definition) is 3. The van der Waals surface area contributed by atoms with Crippen LogP contribution in [0.3, 0.4) is 0 Å². The molecule has 1 fully saturated rings. The minimum atomic E-state index is 0. The SMILES string of the molecule is CCN1CCN(C(C)CNC(=NC)NC(C)(C)C)CC1.I. The van der Waals surface area contributed by atoms with Gasteiger partial charge in [0.25, 0.3) is 0 Å². The second-order valence-corrected chi connectivity index (χ2v) is 6.65. The standard InChI is InChI=1S/C15H33N5.HI/c1-7-19-8-10-20(11-9-19)13(2)12-17-14(16-6)18-15(3,4)5;/h13H,7-12H2,1-6H3,(H2,16,17,18);1H. The Morgan fingerprint density at radius 2 is 1.76 bits per heavy atom. The van der Waals surface area contributed by atoms with Crippen LogP contribution in [0.25, 0.3) is 0 Å². The lowest BCUT2D eigenvalue weighted by Crippen LogP contribution is -2.54. The smallest absolute Gasteiger partial charge is 0.191 e. The fourth-order valence-corrected chi connectivity index (χ4v) is 2.43. The molecular formula is C15H34IN5. The molecule has 0 bridgehead atoms. The van der Waals surface area contributed by atoms with Gasteiger partial charge in [-0.15, -0.1) is 24.0 Å². The third-order valence-electron chi connectivity index (χ3n) is 3.76. The maximum Gasteiger partial charge on any atom is 0.191 e. The number of nitrogens with zero attached hydrogens (tertiary/aromatic N) is 3. The van der Waals surface area contributed by atoms with Crippen molar-refractivity contribution in [2.45, 2.75) is 46.2 Å². The molecule has 0 spiro atoms. The van der Waals surface area contributed by atoms with Crippen molar-refractivity contribution < 1.29 is 0 Å². The summed E-state index contributed by atoms with van der Waals surface area (Å²) in [5, 5.41) is 6.82. The van der Waals surface area contributed by atoms with E-state index in [9.17, 15) is 0 Å². The van der Waals surface area contributed by atoms with Gasteiger partial charge in [0.05, 0.1) is 0 Å². The zero-order chi connectivity index (χ0) is 15.2. The summed E-state index contributed by atoms with van der Waals surface area (Å²) in [5.74, 6) is 0.886. The van der Waals surface area contributed by atoms with Crippen LogP contribution in [0.5, 0.6) is 0 Å². The Labute approximate surface area is 148 Å². The van der Waals surface area contributed by atoms with Gasteiger partial charge in [-0.05, 0) is 34.2 Å². The predicted octanol–water partition coefficient (Wildman–Crippen LogP) is 1.59. The van der Waals surface area contributed by atoms with Crippen LogP contribution in [0.4, 0.5) is 0 Å². The van der Waals surface area contributed by atoms with Crippen LogP contribution in [-0.2, 0) is 0 Å². The van der Waals surface area contributed by atoms with Crippen LogP contribution < -0.4 is 10.6 Å². The van der Waals surface area contributed by atoms with Crippen LogP contribution in [0.1, 0.15) is 34.6 Å². The van der Waals surface area contributed by atoms with Crippen LogP contribution in [0, 0.1) is 0 Å². The molecule has 5 nitrogen and oxygen atoms in total. The highest BCUT2D eigenvalue weighted by molar-refractivity contribution is 14.0. The summed E-state index contributed by atoms with van der Waals surface area (Å²) in [7, 11) is 1.83. The molecule has 1 saturated heterocycles. The van der Waals surface area contributed by atoms with Crippen molar-refractivity contribution >= 4 is 29.9 Å². The van der Waals surface area contributed by atoms with Crippen molar-refractivity contribution in [3.05, 3.63) is 0 Å². The summed E-state index contributed by atoms with van der Waals surface area (Å²) in [6.45, 7) is 17.8. The van der Waals surface area contributed by atoms with Crippen molar-refractivity contribution in [2.24, 2.45) is 4.99 Å². The Morgan fingerprint density at radius 3 is 2.19 bits per heavy atom. The van der Waals surface area contributed by atoms with E-state index in [2.05, 4.69) is 60.0 Å². The van der Waals surface area contributed by atoms with Crippen LogP contribution >= 0.6 is 24.0 Å². The van der Waals surface area contributed by atoms with Crippen molar-refractivity contribution in [3.63, 3.8) is 0 Å². The monoisotopic (exact) mass is 411 g/mol. The molecule has 21 heavy (non-hydrogen) atoms.